The molecule has 0 radical (unpaired) electrons. The van der Waals surface area contributed by atoms with E-state index in [1.54, 1.807) is 16.9 Å². The quantitative estimate of drug-likeness (QED) is 0.899. The lowest BCUT2D eigenvalue weighted by molar-refractivity contribution is 0.0696. The number of carbonyl (C=O) groups is 1. The summed E-state index contributed by atoms with van der Waals surface area (Å²) in [6.07, 6.45) is 2.44. The van der Waals surface area contributed by atoms with Crippen LogP contribution in [-0.2, 0) is 6.42 Å². The number of hydrogen-bond acceptors (Lipinski definition) is 3. The number of nitrogens with zero attached hydrogens (tertiary/aromatic N) is 3. The average molecular weight is 245 g/mol. The second-order valence-corrected chi connectivity index (χ2v) is 4.09. The largest absolute Gasteiger partial charge is 0.478 e. The van der Waals surface area contributed by atoms with Gasteiger partial charge in [0, 0.05) is 11.9 Å². The summed E-state index contributed by atoms with van der Waals surface area (Å²) in [5, 5.41) is 13.6. The van der Waals surface area contributed by atoms with Crippen LogP contribution < -0.4 is 0 Å². The minimum atomic E-state index is -0.997. The number of aromatic nitrogens is 3. The van der Waals surface area contributed by atoms with E-state index < -0.39 is 5.97 Å². The van der Waals surface area contributed by atoms with E-state index in [-0.39, 0.29) is 5.56 Å². The van der Waals surface area contributed by atoms with Crippen LogP contribution in [0.25, 0.3) is 5.82 Å². The molecule has 0 unspecified atom stereocenters. The van der Waals surface area contributed by atoms with Crippen molar-refractivity contribution < 1.29 is 9.90 Å². The lowest BCUT2D eigenvalue weighted by atomic mass is 10.1. The molecule has 2 rings (SSSR count). The van der Waals surface area contributed by atoms with Gasteiger partial charge in [0.25, 0.3) is 0 Å². The average Bonchev–Trinajstić information content (AvgIpc) is 2.64. The number of aromatic carboxylic acids is 1. The van der Waals surface area contributed by atoms with Gasteiger partial charge in [-0.1, -0.05) is 6.92 Å². The second-order valence-electron chi connectivity index (χ2n) is 4.09. The predicted octanol–water partition coefficient (Wildman–Crippen LogP) is 2.14. The molecule has 94 valence electrons. The molecule has 0 saturated carbocycles. The molecule has 2 aromatic rings. The highest BCUT2D eigenvalue weighted by atomic mass is 16.4. The Morgan fingerprint density at radius 3 is 2.72 bits per heavy atom. The molecule has 0 aromatic carbocycles. The van der Waals surface area contributed by atoms with Crippen molar-refractivity contribution in [1.29, 1.82) is 0 Å². The molecule has 18 heavy (non-hydrogen) atoms. The van der Waals surface area contributed by atoms with E-state index in [0.29, 0.717) is 5.82 Å². The number of pyridine rings is 1. The van der Waals surface area contributed by atoms with E-state index in [1.807, 2.05) is 13.8 Å². The van der Waals surface area contributed by atoms with Gasteiger partial charge in [-0.15, -0.1) is 0 Å². The van der Waals surface area contributed by atoms with Crippen molar-refractivity contribution in [3.63, 3.8) is 0 Å². The topological polar surface area (TPSA) is 68.0 Å². The minimum Gasteiger partial charge on any atom is -0.478 e. The zero-order valence-corrected chi connectivity index (χ0v) is 10.6. The highest BCUT2D eigenvalue weighted by Crippen LogP contribution is 2.19. The summed E-state index contributed by atoms with van der Waals surface area (Å²) in [7, 11) is 0. The summed E-state index contributed by atoms with van der Waals surface area (Å²) in [4.78, 5) is 15.3. The van der Waals surface area contributed by atoms with Crippen LogP contribution >= 0.6 is 0 Å². The van der Waals surface area contributed by atoms with E-state index in [4.69, 9.17) is 0 Å². The molecule has 0 bridgehead atoms. The molecule has 0 saturated heterocycles. The maximum absolute atomic E-state index is 11.2. The van der Waals surface area contributed by atoms with E-state index in [9.17, 15) is 9.90 Å². The van der Waals surface area contributed by atoms with Crippen LogP contribution in [0.15, 0.2) is 18.3 Å². The summed E-state index contributed by atoms with van der Waals surface area (Å²) in [6, 6.07) is 3.14. The van der Waals surface area contributed by atoms with Gasteiger partial charge in [-0.25, -0.2) is 14.5 Å². The summed E-state index contributed by atoms with van der Waals surface area (Å²) < 4.78 is 1.61. The smallest absolute Gasteiger partial charge is 0.339 e. The van der Waals surface area contributed by atoms with Gasteiger partial charge in [0.2, 0.25) is 0 Å². The Balaban J connectivity index is 2.66. The Hall–Kier alpha value is -2.17. The molecular formula is C13H15N3O2. The molecule has 1 N–H and O–H groups in total. The van der Waals surface area contributed by atoms with Crippen LogP contribution in [0.5, 0.6) is 0 Å². The molecule has 0 aliphatic heterocycles. The van der Waals surface area contributed by atoms with E-state index >= 15 is 0 Å². The maximum atomic E-state index is 11.2. The molecule has 0 atom stereocenters. The molecule has 0 fully saturated rings. The molecular weight excluding hydrogens is 230 g/mol. The zero-order valence-electron chi connectivity index (χ0n) is 10.6. The third kappa shape index (κ3) is 1.88. The van der Waals surface area contributed by atoms with E-state index in [1.165, 1.54) is 6.07 Å². The fourth-order valence-corrected chi connectivity index (χ4v) is 2.13. The van der Waals surface area contributed by atoms with Gasteiger partial charge in [0.15, 0.2) is 5.82 Å². The van der Waals surface area contributed by atoms with Crippen molar-refractivity contribution in [1.82, 2.24) is 14.8 Å². The maximum Gasteiger partial charge on any atom is 0.339 e. The van der Waals surface area contributed by atoms with Gasteiger partial charge in [0.1, 0.15) is 5.56 Å². The molecule has 5 heteroatoms. The molecule has 0 aliphatic rings. The molecule has 2 heterocycles. The third-order valence-electron chi connectivity index (χ3n) is 3.01. The number of aryl methyl sites for hydroxylation is 1. The minimum absolute atomic E-state index is 0.158. The predicted molar refractivity (Wildman–Crippen MR) is 67.2 cm³/mol. The van der Waals surface area contributed by atoms with Crippen LogP contribution in [0.3, 0.4) is 0 Å². The van der Waals surface area contributed by atoms with Crippen LogP contribution in [-0.4, -0.2) is 25.8 Å². The Morgan fingerprint density at radius 1 is 1.44 bits per heavy atom. The van der Waals surface area contributed by atoms with Crippen LogP contribution in [0.2, 0.25) is 0 Å². The first-order chi connectivity index (χ1) is 8.56. The van der Waals surface area contributed by atoms with Gasteiger partial charge in [-0.3, -0.25) is 0 Å². The first-order valence-corrected chi connectivity index (χ1v) is 5.80. The highest BCUT2D eigenvalue weighted by molar-refractivity contribution is 5.91. The summed E-state index contributed by atoms with van der Waals surface area (Å²) in [5.41, 5.74) is 3.15. The third-order valence-corrected chi connectivity index (χ3v) is 3.01. The van der Waals surface area contributed by atoms with Gasteiger partial charge >= 0.3 is 5.97 Å². The van der Waals surface area contributed by atoms with Gasteiger partial charge in [-0.05, 0) is 38.0 Å². The van der Waals surface area contributed by atoms with Crippen LogP contribution in [0, 0.1) is 13.8 Å². The zero-order chi connectivity index (χ0) is 13.3. The molecule has 5 nitrogen and oxygen atoms in total. The fraction of sp³-hybridized carbons (Fsp3) is 0.308. The highest BCUT2D eigenvalue weighted by Gasteiger charge is 2.17. The van der Waals surface area contributed by atoms with Crippen LogP contribution in [0.1, 0.15) is 34.2 Å². The number of rotatable bonds is 3. The van der Waals surface area contributed by atoms with Crippen molar-refractivity contribution >= 4 is 5.97 Å². The number of carboxylic acids is 1. The van der Waals surface area contributed by atoms with Gasteiger partial charge in [-0.2, -0.15) is 5.10 Å². The first kappa shape index (κ1) is 12.3. The Labute approximate surface area is 105 Å². The Morgan fingerprint density at radius 2 is 2.17 bits per heavy atom. The van der Waals surface area contributed by atoms with Crippen molar-refractivity contribution in [3.8, 4) is 5.82 Å². The summed E-state index contributed by atoms with van der Waals surface area (Å²) in [6.45, 7) is 5.91. The second kappa shape index (κ2) is 4.60. The van der Waals surface area contributed by atoms with Gasteiger partial charge < -0.3 is 5.11 Å². The van der Waals surface area contributed by atoms with E-state index in [0.717, 1.165) is 23.4 Å². The Kier molecular flexibility index (Phi) is 3.14. The van der Waals surface area contributed by atoms with Crippen molar-refractivity contribution in [2.45, 2.75) is 27.2 Å². The normalized spacial score (nSPS) is 10.6. The molecule has 2 aromatic heterocycles. The summed E-state index contributed by atoms with van der Waals surface area (Å²) >= 11 is 0. The molecule has 0 amide bonds. The fourth-order valence-electron chi connectivity index (χ4n) is 2.13. The lowest BCUT2D eigenvalue weighted by Crippen LogP contribution is -2.10. The lowest BCUT2D eigenvalue weighted by Gasteiger charge is -2.06. The number of hydrogen-bond donors (Lipinski definition) is 1. The monoisotopic (exact) mass is 245 g/mol. The SMILES string of the molecule is CCc1c(C)nn(-c2ncccc2C(=O)O)c1C. The van der Waals surface area contributed by atoms with Crippen molar-refractivity contribution in [2.24, 2.45) is 0 Å². The van der Waals surface area contributed by atoms with Crippen LogP contribution in [0.4, 0.5) is 0 Å². The van der Waals surface area contributed by atoms with E-state index in [2.05, 4.69) is 17.0 Å². The Bertz CT molecular complexity index is 602. The molecule has 0 spiro atoms. The van der Waals surface area contributed by atoms with Gasteiger partial charge in [0.05, 0.1) is 5.69 Å². The number of carboxylic acid groups (broad SMARTS) is 1. The van der Waals surface area contributed by atoms with Crippen molar-refractivity contribution in [3.05, 3.63) is 40.8 Å². The standard InChI is InChI=1S/C13H15N3O2/c1-4-10-8(2)15-16(9(10)3)12-11(13(17)18)6-5-7-14-12/h5-7H,4H2,1-3H3,(H,17,18). The van der Waals surface area contributed by atoms with Crippen molar-refractivity contribution in [2.75, 3.05) is 0 Å². The molecule has 0 aliphatic carbocycles. The first-order valence-electron chi connectivity index (χ1n) is 5.80. The summed E-state index contributed by atoms with van der Waals surface area (Å²) in [5.74, 6) is -0.631.